The van der Waals surface area contributed by atoms with Gasteiger partial charge in [-0.1, -0.05) is 38.2 Å². The highest BCUT2D eigenvalue weighted by Crippen LogP contribution is 2.49. The largest absolute Gasteiger partial charge is 0.399 e. The van der Waals surface area contributed by atoms with Crippen LogP contribution in [-0.4, -0.2) is 5.91 Å². The third-order valence-electron chi connectivity index (χ3n) is 6.23. The highest BCUT2D eigenvalue weighted by atomic mass is 16.2. The summed E-state index contributed by atoms with van der Waals surface area (Å²) < 4.78 is 0. The maximum atomic E-state index is 12.7. The summed E-state index contributed by atoms with van der Waals surface area (Å²) in [5.74, 6) is 2.08. The molecule has 3 aliphatic carbocycles. The fraction of sp³-hybridized carbons (Fsp3) is 0.650. The number of hydrogen-bond acceptors (Lipinski definition) is 2. The normalized spacial score (nSPS) is 30.5. The van der Waals surface area contributed by atoms with Gasteiger partial charge in [-0.05, 0) is 60.8 Å². The van der Waals surface area contributed by atoms with Crippen LogP contribution >= 0.6 is 0 Å². The highest BCUT2D eigenvalue weighted by Gasteiger charge is 2.47. The monoisotopic (exact) mass is 312 g/mol. The zero-order chi connectivity index (χ0) is 15.8. The number of nitrogens with one attached hydrogen (secondary N) is 1. The number of carbonyl (C=O) groups excluding carboxylic acids is 1. The first-order chi connectivity index (χ1) is 11.2. The minimum atomic E-state index is 0.194. The van der Waals surface area contributed by atoms with Crippen LogP contribution in [-0.2, 0) is 11.2 Å². The van der Waals surface area contributed by atoms with Crippen molar-refractivity contribution in [3.63, 3.8) is 0 Å². The van der Waals surface area contributed by atoms with E-state index in [0.29, 0.717) is 11.8 Å². The number of amides is 1. The van der Waals surface area contributed by atoms with Crippen molar-refractivity contribution in [1.82, 2.24) is 5.32 Å². The molecule has 2 saturated carbocycles. The third-order valence-corrected chi connectivity index (χ3v) is 6.23. The van der Waals surface area contributed by atoms with Crippen molar-refractivity contribution in [2.75, 3.05) is 5.73 Å². The maximum absolute atomic E-state index is 12.7. The second-order valence-corrected chi connectivity index (χ2v) is 7.82. The van der Waals surface area contributed by atoms with E-state index in [2.05, 4.69) is 17.4 Å². The van der Waals surface area contributed by atoms with Gasteiger partial charge in [0.2, 0.25) is 5.91 Å². The number of nitrogen functional groups attached to an aromatic ring is 1. The first-order valence-electron chi connectivity index (χ1n) is 9.41. The smallest absolute Gasteiger partial charge is 0.223 e. The SMILES string of the molecule is Nc1ccc2c(c1)CCCC2NC(=O)C1CC1C1CCCCC1. The Morgan fingerprint density at radius 1 is 1.09 bits per heavy atom. The topological polar surface area (TPSA) is 55.1 Å². The summed E-state index contributed by atoms with van der Waals surface area (Å²) in [6.07, 6.45) is 11.2. The molecule has 0 saturated heterocycles. The zero-order valence-corrected chi connectivity index (χ0v) is 13.9. The molecule has 1 amide bonds. The number of carbonyl (C=O) groups is 1. The van der Waals surface area contributed by atoms with Crippen molar-refractivity contribution < 1.29 is 4.79 Å². The lowest BCUT2D eigenvalue weighted by atomic mass is 9.85. The molecule has 3 heteroatoms. The van der Waals surface area contributed by atoms with E-state index >= 15 is 0 Å². The number of nitrogens with two attached hydrogens (primary N) is 1. The van der Waals surface area contributed by atoms with Crippen LogP contribution in [0.15, 0.2) is 18.2 Å². The highest BCUT2D eigenvalue weighted by molar-refractivity contribution is 5.82. The van der Waals surface area contributed by atoms with Gasteiger partial charge in [-0.2, -0.15) is 0 Å². The summed E-state index contributed by atoms with van der Waals surface area (Å²) in [6.45, 7) is 0. The molecular formula is C20H28N2O. The molecular weight excluding hydrogens is 284 g/mol. The Balaban J connectivity index is 1.39. The molecule has 2 fully saturated rings. The molecule has 0 aliphatic heterocycles. The van der Waals surface area contributed by atoms with Gasteiger partial charge in [-0.25, -0.2) is 0 Å². The summed E-state index contributed by atoms with van der Waals surface area (Å²) in [5.41, 5.74) is 9.34. The van der Waals surface area contributed by atoms with Crippen LogP contribution in [0.5, 0.6) is 0 Å². The van der Waals surface area contributed by atoms with Crippen LogP contribution < -0.4 is 11.1 Å². The summed E-state index contributed by atoms with van der Waals surface area (Å²) in [6, 6.07) is 6.35. The first kappa shape index (κ1) is 15.0. The first-order valence-corrected chi connectivity index (χ1v) is 9.41. The molecule has 0 spiro atoms. The lowest BCUT2D eigenvalue weighted by Crippen LogP contribution is -2.33. The Kier molecular flexibility index (Phi) is 4.04. The number of fused-ring (bicyclic) bond motifs is 1. The third kappa shape index (κ3) is 3.11. The molecule has 0 bridgehead atoms. The number of aryl methyl sites for hydroxylation is 1. The Hall–Kier alpha value is -1.51. The van der Waals surface area contributed by atoms with Gasteiger partial charge in [0.25, 0.3) is 0 Å². The van der Waals surface area contributed by atoms with Crippen molar-refractivity contribution >= 4 is 11.6 Å². The molecule has 3 unspecified atom stereocenters. The number of benzene rings is 1. The lowest BCUT2D eigenvalue weighted by molar-refractivity contribution is -0.123. The average molecular weight is 312 g/mol. The Morgan fingerprint density at radius 3 is 2.74 bits per heavy atom. The van der Waals surface area contributed by atoms with Crippen LogP contribution in [0.4, 0.5) is 5.69 Å². The quantitative estimate of drug-likeness (QED) is 0.830. The Morgan fingerprint density at radius 2 is 1.91 bits per heavy atom. The summed E-state index contributed by atoms with van der Waals surface area (Å²) in [4.78, 5) is 12.7. The van der Waals surface area contributed by atoms with E-state index < -0.39 is 0 Å². The minimum absolute atomic E-state index is 0.194. The van der Waals surface area contributed by atoms with E-state index in [9.17, 15) is 4.79 Å². The molecule has 3 atom stereocenters. The van der Waals surface area contributed by atoms with Gasteiger partial charge in [0.15, 0.2) is 0 Å². The van der Waals surface area contributed by atoms with Gasteiger partial charge in [-0.15, -0.1) is 0 Å². The standard InChI is InChI=1S/C20H28N2O/c21-15-9-10-16-14(11-15)7-4-8-19(16)22-20(23)18-12-17(18)13-5-2-1-3-6-13/h9-11,13,17-19H,1-8,12,21H2,(H,22,23). The van der Waals surface area contributed by atoms with Gasteiger partial charge in [-0.3, -0.25) is 4.79 Å². The molecule has 1 aromatic carbocycles. The van der Waals surface area contributed by atoms with Gasteiger partial charge in [0.05, 0.1) is 6.04 Å². The van der Waals surface area contributed by atoms with Gasteiger partial charge < -0.3 is 11.1 Å². The van der Waals surface area contributed by atoms with Crippen LogP contribution in [0.2, 0.25) is 0 Å². The maximum Gasteiger partial charge on any atom is 0.223 e. The van der Waals surface area contributed by atoms with Gasteiger partial charge in [0, 0.05) is 11.6 Å². The molecule has 3 nitrogen and oxygen atoms in total. The molecule has 0 radical (unpaired) electrons. The molecule has 1 aromatic rings. The molecule has 4 rings (SSSR count). The molecule has 23 heavy (non-hydrogen) atoms. The predicted octanol–water partition coefficient (Wildman–Crippen LogP) is 3.98. The van der Waals surface area contributed by atoms with Crippen molar-refractivity contribution in [2.24, 2.45) is 17.8 Å². The fourth-order valence-electron chi connectivity index (χ4n) is 4.86. The summed E-state index contributed by atoms with van der Waals surface area (Å²) in [7, 11) is 0. The summed E-state index contributed by atoms with van der Waals surface area (Å²) >= 11 is 0. The molecule has 3 aliphatic rings. The van der Waals surface area contributed by atoms with E-state index in [1.54, 1.807) is 0 Å². The number of rotatable bonds is 3. The zero-order valence-electron chi connectivity index (χ0n) is 13.9. The molecule has 0 heterocycles. The van der Waals surface area contributed by atoms with E-state index in [1.807, 2.05) is 6.07 Å². The van der Waals surface area contributed by atoms with Crippen LogP contribution in [0, 0.1) is 17.8 Å². The van der Waals surface area contributed by atoms with Crippen LogP contribution in [0.25, 0.3) is 0 Å². The van der Waals surface area contributed by atoms with Crippen molar-refractivity contribution in [2.45, 2.75) is 63.8 Å². The summed E-state index contributed by atoms with van der Waals surface area (Å²) in [5, 5.41) is 3.35. The predicted molar refractivity (Wildman–Crippen MR) is 92.8 cm³/mol. The van der Waals surface area contributed by atoms with Crippen molar-refractivity contribution in [1.29, 1.82) is 0 Å². The number of hydrogen-bond donors (Lipinski definition) is 2. The lowest BCUT2D eigenvalue weighted by Gasteiger charge is -2.27. The molecule has 0 aromatic heterocycles. The van der Waals surface area contributed by atoms with E-state index in [0.717, 1.165) is 37.3 Å². The van der Waals surface area contributed by atoms with Crippen LogP contribution in [0.1, 0.15) is 68.5 Å². The number of anilines is 1. The Labute approximate surface area is 139 Å². The van der Waals surface area contributed by atoms with Crippen molar-refractivity contribution in [3.05, 3.63) is 29.3 Å². The van der Waals surface area contributed by atoms with Gasteiger partial charge >= 0.3 is 0 Å². The Bertz CT molecular complexity index is 591. The van der Waals surface area contributed by atoms with E-state index in [1.165, 1.54) is 43.2 Å². The minimum Gasteiger partial charge on any atom is -0.399 e. The average Bonchev–Trinajstić information content (AvgIpc) is 3.36. The molecule has 124 valence electrons. The van der Waals surface area contributed by atoms with E-state index in [4.69, 9.17) is 5.73 Å². The van der Waals surface area contributed by atoms with Gasteiger partial charge in [0.1, 0.15) is 0 Å². The second kappa shape index (κ2) is 6.18. The van der Waals surface area contributed by atoms with Crippen LogP contribution in [0.3, 0.4) is 0 Å². The second-order valence-electron chi connectivity index (χ2n) is 7.82. The van der Waals surface area contributed by atoms with Crippen molar-refractivity contribution in [3.8, 4) is 0 Å². The molecule has 3 N–H and O–H groups in total. The van der Waals surface area contributed by atoms with E-state index in [-0.39, 0.29) is 12.0 Å². The fourth-order valence-corrected chi connectivity index (χ4v) is 4.86.